The van der Waals surface area contributed by atoms with E-state index in [1.165, 1.54) is 116 Å². The number of rotatable bonds is 76. The van der Waals surface area contributed by atoms with Crippen molar-refractivity contribution in [2.45, 2.75) is 354 Å². The largest absolute Gasteiger partial charge is 0.472 e. The lowest BCUT2D eigenvalue weighted by atomic mass is 10.1. The van der Waals surface area contributed by atoms with Gasteiger partial charge in [0.05, 0.1) is 26.4 Å². The molecule has 17 nitrogen and oxygen atoms in total. The minimum absolute atomic E-state index is 0.0149. The van der Waals surface area contributed by atoms with Crippen molar-refractivity contribution >= 4 is 39.5 Å². The van der Waals surface area contributed by atoms with Gasteiger partial charge in [0, 0.05) is 25.7 Å². The Labute approximate surface area is 632 Å². The van der Waals surface area contributed by atoms with Crippen molar-refractivity contribution in [3.63, 3.8) is 0 Å². The normalized spacial score (nSPS) is 14.5. The molecule has 0 aliphatic rings. The second-order valence-corrected chi connectivity index (χ2v) is 29.9. The fraction of sp³-hybridized carbons (Fsp3) is 0.718. The summed E-state index contributed by atoms with van der Waals surface area (Å²) in [6.07, 6.45) is 84.7. The maximum Gasteiger partial charge on any atom is 0.472 e. The van der Waals surface area contributed by atoms with Gasteiger partial charge in [-0.15, -0.1) is 0 Å². The highest BCUT2D eigenvalue weighted by Crippen LogP contribution is 2.45. The van der Waals surface area contributed by atoms with Gasteiger partial charge in [0.15, 0.2) is 12.2 Å². The number of aliphatic hydroxyl groups is 1. The number of hydrogen-bond acceptors (Lipinski definition) is 15. The number of aliphatic hydroxyl groups excluding tert-OH is 1. The summed E-state index contributed by atoms with van der Waals surface area (Å²) >= 11 is 0. The average molecular weight is 1500 g/mol. The average Bonchev–Trinajstić information content (AvgIpc) is 0.909. The van der Waals surface area contributed by atoms with Gasteiger partial charge < -0.3 is 33.8 Å². The Kier molecular flexibility index (Phi) is 73.3. The standard InChI is InChI=1S/C85H146O17P2/c1-5-9-13-17-21-25-29-33-37-39-43-46-50-54-58-62-66-70-83(88)96-76-80(101-84(89)71-67-63-59-55-51-47-42-36-32-28-24-20-16-12-8-4)77-99-103(91,92)97-73-79(86)74-98-104(93,94)100-78-81(75-95-82(87)69-65-61-57-53-49-45-41-35-31-27-23-19-15-11-7-3)102-85(90)72-68-64-60-56-52-48-44-40-38-34-30-26-22-18-14-10-6-2/h21-22,25-26,33-38,41-44,46,48,54,56,58,60,79-81,86H,5-20,23-24,27-32,39-40,45,47,49-53,55,57,59,61-78H2,1-4H3,(H,91,92)(H,93,94)/b25-21-,26-22-,37-33-,38-34-,41-35-,42-36-,46-43-,48-44-,58-54-,60-56-/t79-,80-,81-/m1/s1. The Morgan fingerprint density at radius 1 is 0.269 bits per heavy atom. The number of carbonyl (C=O) groups is 4. The Morgan fingerprint density at radius 2 is 0.481 bits per heavy atom. The van der Waals surface area contributed by atoms with E-state index >= 15 is 0 Å². The van der Waals surface area contributed by atoms with E-state index in [-0.39, 0.29) is 25.7 Å². The van der Waals surface area contributed by atoms with Crippen LogP contribution < -0.4 is 0 Å². The van der Waals surface area contributed by atoms with Crippen LogP contribution in [0.15, 0.2) is 122 Å². The maximum absolute atomic E-state index is 13.1. The molecule has 0 heterocycles. The van der Waals surface area contributed by atoms with Crippen LogP contribution >= 0.6 is 15.6 Å². The third kappa shape index (κ3) is 75.7. The number of phosphoric ester groups is 2. The van der Waals surface area contributed by atoms with Crippen molar-refractivity contribution in [2.75, 3.05) is 39.6 Å². The van der Waals surface area contributed by atoms with Gasteiger partial charge >= 0.3 is 39.5 Å². The Bertz CT molecular complexity index is 2440. The lowest BCUT2D eigenvalue weighted by Gasteiger charge is -2.21. The molecular formula is C85H146O17P2. The molecule has 598 valence electrons. The fourth-order valence-corrected chi connectivity index (χ4v) is 12.2. The van der Waals surface area contributed by atoms with Gasteiger partial charge in [0.2, 0.25) is 0 Å². The minimum atomic E-state index is -5.00. The molecule has 0 aromatic rings. The SMILES string of the molecule is CCCCC/C=C\C/C=C\C/C=C\C/C=C\CCCC(=O)OC[C@H](COP(=O)(O)OC[C@@H](O)COP(=O)(O)OC[C@@H](COC(=O)CCCCCCC/C=C\CCCCCCCC)OC(=O)CCC/C=C\C/C=C\C/C=C\C/C=C\CCCCC)OC(=O)CCCCCCC/C=C\CCCCCCCC. The lowest BCUT2D eigenvalue weighted by Crippen LogP contribution is -2.30. The molecule has 0 rings (SSSR count). The zero-order valence-electron chi connectivity index (χ0n) is 65.4. The quantitative estimate of drug-likeness (QED) is 0.0169. The number of unbranched alkanes of at least 4 members (excludes halogenated alkanes) is 30. The molecule has 19 heteroatoms. The van der Waals surface area contributed by atoms with E-state index in [0.717, 1.165) is 128 Å². The summed E-state index contributed by atoms with van der Waals surface area (Å²) in [4.78, 5) is 73.0. The molecule has 5 atom stereocenters. The molecule has 0 fully saturated rings. The smallest absolute Gasteiger partial charge is 0.462 e. The zero-order valence-corrected chi connectivity index (χ0v) is 67.2. The van der Waals surface area contributed by atoms with Gasteiger partial charge in [-0.1, -0.05) is 278 Å². The summed E-state index contributed by atoms with van der Waals surface area (Å²) in [5, 5.41) is 10.6. The summed E-state index contributed by atoms with van der Waals surface area (Å²) in [7, 11) is -10.00. The van der Waals surface area contributed by atoms with Crippen molar-refractivity contribution in [1.29, 1.82) is 0 Å². The molecule has 0 saturated heterocycles. The van der Waals surface area contributed by atoms with E-state index in [1.807, 2.05) is 24.3 Å². The highest BCUT2D eigenvalue weighted by Gasteiger charge is 2.30. The highest BCUT2D eigenvalue weighted by atomic mass is 31.2. The van der Waals surface area contributed by atoms with Gasteiger partial charge in [0.1, 0.15) is 19.3 Å². The van der Waals surface area contributed by atoms with Crippen LogP contribution in [0.3, 0.4) is 0 Å². The van der Waals surface area contributed by atoms with Crippen LogP contribution in [0, 0.1) is 0 Å². The van der Waals surface area contributed by atoms with E-state index in [1.54, 1.807) is 0 Å². The van der Waals surface area contributed by atoms with Crippen LogP contribution in [0.2, 0.25) is 0 Å². The first-order valence-electron chi connectivity index (χ1n) is 40.8. The number of esters is 4. The summed E-state index contributed by atoms with van der Waals surface area (Å²) in [6.45, 7) is 4.69. The Morgan fingerprint density at radius 3 is 0.798 bits per heavy atom. The topological polar surface area (TPSA) is 237 Å². The van der Waals surface area contributed by atoms with Gasteiger partial charge in [-0.25, -0.2) is 9.13 Å². The molecule has 0 aliphatic heterocycles. The molecular weight excluding hydrogens is 1350 g/mol. The first kappa shape index (κ1) is 99.5. The van der Waals surface area contributed by atoms with E-state index in [9.17, 15) is 43.2 Å². The van der Waals surface area contributed by atoms with E-state index < -0.39 is 97.5 Å². The number of ether oxygens (including phenoxy) is 4. The fourth-order valence-electron chi connectivity index (χ4n) is 10.6. The minimum Gasteiger partial charge on any atom is -0.462 e. The van der Waals surface area contributed by atoms with E-state index in [0.29, 0.717) is 38.5 Å². The summed E-state index contributed by atoms with van der Waals surface area (Å²) in [5.41, 5.74) is 0. The predicted molar refractivity (Wildman–Crippen MR) is 427 cm³/mol. The first-order valence-corrected chi connectivity index (χ1v) is 43.8. The third-order valence-corrected chi connectivity index (χ3v) is 18.8. The predicted octanol–water partition coefficient (Wildman–Crippen LogP) is 23.9. The van der Waals surface area contributed by atoms with Crippen molar-refractivity contribution < 1.29 is 80.2 Å². The van der Waals surface area contributed by atoms with Gasteiger partial charge in [-0.2, -0.15) is 0 Å². The summed E-state index contributed by atoms with van der Waals surface area (Å²) in [5.74, 6) is -2.32. The molecule has 3 N–H and O–H groups in total. The number of hydrogen-bond donors (Lipinski definition) is 3. The van der Waals surface area contributed by atoms with Crippen LogP contribution in [0.25, 0.3) is 0 Å². The summed E-state index contributed by atoms with van der Waals surface area (Å²) < 4.78 is 68.5. The molecule has 2 unspecified atom stereocenters. The molecule has 0 amide bonds. The monoisotopic (exact) mass is 1500 g/mol. The van der Waals surface area contributed by atoms with Crippen LogP contribution in [0.5, 0.6) is 0 Å². The molecule has 0 saturated carbocycles. The lowest BCUT2D eigenvalue weighted by molar-refractivity contribution is -0.161. The molecule has 0 aromatic heterocycles. The van der Waals surface area contributed by atoms with Crippen molar-refractivity contribution in [1.82, 2.24) is 0 Å². The van der Waals surface area contributed by atoms with E-state index in [2.05, 4.69) is 125 Å². The van der Waals surface area contributed by atoms with Crippen molar-refractivity contribution in [3.8, 4) is 0 Å². The first-order chi connectivity index (χ1) is 50.7. The van der Waals surface area contributed by atoms with Crippen LogP contribution in [-0.2, 0) is 65.4 Å². The third-order valence-electron chi connectivity index (χ3n) is 16.9. The van der Waals surface area contributed by atoms with Crippen LogP contribution in [-0.4, -0.2) is 96.7 Å². The molecule has 0 aromatic carbocycles. The Hall–Kier alpha value is -4.54. The number of allylic oxidation sites excluding steroid dienone is 20. The Balaban J connectivity index is 5.47. The van der Waals surface area contributed by atoms with Crippen molar-refractivity contribution in [3.05, 3.63) is 122 Å². The van der Waals surface area contributed by atoms with E-state index in [4.69, 9.17) is 37.0 Å². The number of phosphoric acid groups is 2. The van der Waals surface area contributed by atoms with Gasteiger partial charge in [-0.05, 0) is 154 Å². The zero-order chi connectivity index (χ0) is 76.0. The number of carbonyl (C=O) groups excluding carboxylic acids is 4. The molecule has 0 aliphatic carbocycles. The second kappa shape index (κ2) is 76.6. The van der Waals surface area contributed by atoms with Crippen LogP contribution in [0.4, 0.5) is 0 Å². The second-order valence-electron chi connectivity index (χ2n) is 27.0. The van der Waals surface area contributed by atoms with Crippen molar-refractivity contribution in [2.24, 2.45) is 0 Å². The van der Waals surface area contributed by atoms with Gasteiger partial charge in [-0.3, -0.25) is 37.3 Å². The maximum atomic E-state index is 13.1. The summed E-state index contributed by atoms with van der Waals surface area (Å²) in [6, 6.07) is 0. The molecule has 104 heavy (non-hydrogen) atoms. The van der Waals surface area contributed by atoms with Gasteiger partial charge in [0.25, 0.3) is 0 Å². The molecule has 0 spiro atoms. The molecule has 0 radical (unpaired) electrons. The molecule has 0 bridgehead atoms. The van der Waals surface area contributed by atoms with Crippen LogP contribution in [0.1, 0.15) is 336 Å². The highest BCUT2D eigenvalue weighted by molar-refractivity contribution is 7.47.